The second kappa shape index (κ2) is 6.86. The zero-order chi connectivity index (χ0) is 20.6. The lowest BCUT2D eigenvalue weighted by molar-refractivity contribution is -0.393. The molecule has 27 heavy (non-hydrogen) atoms. The van der Waals surface area contributed by atoms with Gasteiger partial charge < -0.3 is 5.32 Å². The van der Waals surface area contributed by atoms with E-state index in [9.17, 15) is 33.4 Å². The van der Waals surface area contributed by atoms with Gasteiger partial charge in [-0.3, -0.25) is 20.2 Å². The fourth-order valence-corrected chi connectivity index (χ4v) is 2.56. The van der Waals surface area contributed by atoms with E-state index in [0.717, 1.165) is 24.3 Å². The summed E-state index contributed by atoms with van der Waals surface area (Å²) in [7, 11) is 0. The summed E-state index contributed by atoms with van der Waals surface area (Å²) >= 11 is 0. The van der Waals surface area contributed by atoms with Gasteiger partial charge in [-0.1, -0.05) is 32.9 Å². The molecule has 10 heteroatoms. The Hall–Kier alpha value is -3.17. The molecule has 0 amide bonds. The van der Waals surface area contributed by atoms with Crippen molar-refractivity contribution < 1.29 is 23.0 Å². The van der Waals surface area contributed by atoms with E-state index < -0.39 is 38.4 Å². The molecule has 0 atom stereocenters. The summed E-state index contributed by atoms with van der Waals surface area (Å²) in [4.78, 5) is 21.0. The summed E-state index contributed by atoms with van der Waals surface area (Å²) < 4.78 is 39.8. The number of nitrogens with zero attached hydrogens (tertiary/aromatic N) is 2. The van der Waals surface area contributed by atoms with Gasteiger partial charge in [0.1, 0.15) is 5.69 Å². The Balaban J connectivity index is 2.77. The Morgan fingerprint density at radius 1 is 0.926 bits per heavy atom. The number of para-hydroxylation sites is 1. The first-order chi connectivity index (χ1) is 12.3. The highest BCUT2D eigenvalue weighted by molar-refractivity contribution is 5.78. The van der Waals surface area contributed by atoms with Crippen LogP contribution in [0.5, 0.6) is 0 Å². The second-order valence-electron chi connectivity index (χ2n) is 6.82. The molecule has 0 fully saturated rings. The highest BCUT2D eigenvalue weighted by Gasteiger charge is 2.35. The minimum Gasteiger partial charge on any atom is -0.349 e. The number of nitrogens with one attached hydrogen (secondary N) is 1. The van der Waals surface area contributed by atoms with Crippen molar-refractivity contribution in [3.8, 4) is 0 Å². The van der Waals surface area contributed by atoms with Gasteiger partial charge in [-0.15, -0.1) is 0 Å². The van der Waals surface area contributed by atoms with Crippen molar-refractivity contribution in [3.63, 3.8) is 0 Å². The van der Waals surface area contributed by atoms with E-state index in [2.05, 4.69) is 5.32 Å². The summed E-state index contributed by atoms with van der Waals surface area (Å²) in [6.45, 7) is 4.95. The summed E-state index contributed by atoms with van der Waals surface area (Å²) in [6.07, 6.45) is -4.68. The van der Waals surface area contributed by atoms with Crippen LogP contribution in [0, 0.1) is 20.2 Å². The standard InChI is InChI=1S/C17H16F3N3O4/c1-16(2,3)12-8-10(22(24)25)9-14(23(26)27)15(12)21-13-7-5-4-6-11(13)17(18,19)20/h4-9,21H,1-3H3. The Labute approximate surface area is 152 Å². The van der Waals surface area contributed by atoms with Gasteiger partial charge in [0.05, 0.1) is 27.2 Å². The van der Waals surface area contributed by atoms with Crippen LogP contribution in [0.2, 0.25) is 0 Å². The van der Waals surface area contributed by atoms with E-state index in [4.69, 9.17) is 0 Å². The molecule has 0 heterocycles. The smallest absolute Gasteiger partial charge is 0.349 e. The molecule has 2 aromatic rings. The summed E-state index contributed by atoms with van der Waals surface area (Å²) in [5.41, 5.74) is -3.45. The fourth-order valence-electron chi connectivity index (χ4n) is 2.56. The second-order valence-corrected chi connectivity index (χ2v) is 6.82. The predicted molar refractivity (Wildman–Crippen MR) is 93.2 cm³/mol. The molecule has 144 valence electrons. The van der Waals surface area contributed by atoms with Crippen LogP contribution in [0.4, 0.5) is 35.9 Å². The van der Waals surface area contributed by atoms with Gasteiger partial charge in [0.15, 0.2) is 0 Å². The molecule has 0 unspecified atom stereocenters. The van der Waals surface area contributed by atoms with E-state index >= 15 is 0 Å². The number of nitro benzene ring substituents is 2. The number of alkyl halides is 3. The third-order valence-corrected chi connectivity index (χ3v) is 3.81. The highest BCUT2D eigenvalue weighted by Crippen LogP contribution is 2.43. The molecule has 0 spiro atoms. The van der Waals surface area contributed by atoms with Crippen molar-refractivity contribution in [1.29, 1.82) is 0 Å². The Morgan fingerprint density at radius 2 is 1.52 bits per heavy atom. The molecule has 2 aromatic carbocycles. The molecule has 0 aliphatic heterocycles. The van der Waals surface area contributed by atoms with Crippen LogP contribution in [0.25, 0.3) is 0 Å². The molecule has 0 aliphatic carbocycles. The molecular formula is C17H16F3N3O4. The van der Waals surface area contributed by atoms with Crippen LogP contribution in [0.3, 0.4) is 0 Å². The fraction of sp³-hybridized carbons (Fsp3) is 0.294. The van der Waals surface area contributed by atoms with E-state index in [0.29, 0.717) is 0 Å². The van der Waals surface area contributed by atoms with E-state index in [1.54, 1.807) is 20.8 Å². The van der Waals surface area contributed by atoms with E-state index in [1.165, 1.54) is 12.1 Å². The van der Waals surface area contributed by atoms with Crippen LogP contribution in [0.15, 0.2) is 36.4 Å². The van der Waals surface area contributed by atoms with Crippen LogP contribution >= 0.6 is 0 Å². The summed E-state index contributed by atoms with van der Waals surface area (Å²) in [6, 6.07) is 6.39. The zero-order valence-corrected chi connectivity index (χ0v) is 14.6. The minimum absolute atomic E-state index is 0.153. The molecule has 0 bridgehead atoms. The largest absolute Gasteiger partial charge is 0.418 e. The van der Waals surface area contributed by atoms with Crippen LogP contribution in [-0.4, -0.2) is 9.85 Å². The molecule has 0 saturated carbocycles. The summed E-state index contributed by atoms with van der Waals surface area (Å²) in [5.74, 6) is 0. The maximum absolute atomic E-state index is 13.3. The molecule has 0 radical (unpaired) electrons. The molecule has 2 rings (SSSR count). The van der Waals surface area contributed by atoms with Gasteiger partial charge in [-0.25, -0.2) is 0 Å². The van der Waals surface area contributed by atoms with Gasteiger partial charge in [0.25, 0.3) is 11.4 Å². The number of nitro groups is 2. The first-order valence-corrected chi connectivity index (χ1v) is 7.73. The van der Waals surface area contributed by atoms with Crippen molar-refractivity contribution in [2.45, 2.75) is 32.4 Å². The van der Waals surface area contributed by atoms with Crippen LogP contribution in [-0.2, 0) is 11.6 Å². The Morgan fingerprint density at radius 3 is 2.00 bits per heavy atom. The monoisotopic (exact) mass is 383 g/mol. The van der Waals surface area contributed by atoms with Gasteiger partial charge >= 0.3 is 6.18 Å². The average Bonchev–Trinajstić information content (AvgIpc) is 2.52. The third-order valence-electron chi connectivity index (χ3n) is 3.81. The minimum atomic E-state index is -4.68. The van der Waals surface area contributed by atoms with Crippen molar-refractivity contribution in [1.82, 2.24) is 0 Å². The molecular weight excluding hydrogens is 367 g/mol. The van der Waals surface area contributed by atoms with E-state index in [-0.39, 0.29) is 16.9 Å². The van der Waals surface area contributed by atoms with Crippen molar-refractivity contribution >= 4 is 22.7 Å². The van der Waals surface area contributed by atoms with Crippen molar-refractivity contribution in [3.05, 3.63) is 67.8 Å². The third kappa shape index (κ3) is 4.33. The predicted octanol–water partition coefficient (Wildman–Crippen LogP) is 5.56. The SMILES string of the molecule is CC(C)(C)c1cc([N+](=O)[O-])cc([N+](=O)[O-])c1Nc1ccccc1C(F)(F)F. The van der Waals surface area contributed by atoms with E-state index in [1.807, 2.05) is 0 Å². The number of benzene rings is 2. The van der Waals surface area contributed by atoms with Gasteiger partial charge in [-0.2, -0.15) is 13.2 Å². The maximum Gasteiger partial charge on any atom is 0.418 e. The first kappa shape index (κ1) is 20.1. The first-order valence-electron chi connectivity index (χ1n) is 7.73. The lowest BCUT2D eigenvalue weighted by atomic mass is 9.84. The number of rotatable bonds is 4. The highest BCUT2D eigenvalue weighted by atomic mass is 19.4. The van der Waals surface area contributed by atoms with Gasteiger partial charge in [0, 0.05) is 6.07 Å². The van der Waals surface area contributed by atoms with Crippen LogP contribution < -0.4 is 5.32 Å². The topological polar surface area (TPSA) is 98.3 Å². The molecule has 1 N–H and O–H groups in total. The number of non-ortho nitro benzene ring substituents is 1. The molecule has 0 aromatic heterocycles. The molecule has 0 aliphatic rings. The molecule has 0 saturated heterocycles. The quantitative estimate of drug-likeness (QED) is 0.550. The summed E-state index contributed by atoms with van der Waals surface area (Å²) in [5, 5.41) is 25.1. The number of anilines is 2. The van der Waals surface area contributed by atoms with Gasteiger partial charge in [0.2, 0.25) is 0 Å². The maximum atomic E-state index is 13.3. The normalized spacial score (nSPS) is 11.9. The Kier molecular flexibility index (Phi) is 5.12. The molecule has 7 nitrogen and oxygen atoms in total. The lowest BCUT2D eigenvalue weighted by Crippen LogP contribution is -2.17. The lowest BCUT2D eigenvalue weighted by Gasteiger charge is -2.24. The van der Waals surface area contributed by atoms with Crippen molar-refractivity contribution in [2.75, 3.05) is 5.32 Å². The van der Waals surface area contributed by atoms with Gasteiger partial charge in [-0.05, 0) is 23.1 Å². The number of hydrogen-bond donors (Lipinski definition) is 1. The Bertz CT molecular complexity index is 905. The number of halogens is 3. The average molecular weight is 383 g/mol. The van der Waals surface area contributed by atoms with Crippen LogP contribution in [0.1, 0.15) is 31.9 Å². The van der Waals surface area contributed by atoms with Crippen molar-refractivity contribution in [2.24, 2.45) is 0 Å². The zero-order valence-electron chi connectivity index (χ0n) is 14.6. The number of hydrogen-bond acceptors (Lipinski definition) is 5.